The quantitative estimate of drug-likeness (QED) is 0.753. The Morgan fingerprint density at radius 2 is 1.84 bits per heavy atom. The molecule has 1 saturated carbocycles. The fraction of sp³-hybridized carbons (Fsp3) is 0.769. The molecule has 2 amide bonds. The van der Waals surface area contributed by atoms with Crippen molar-refractivity contribution in [2.75, 3.05) is 20.6 Å². The van der Waals surface area contributed by atoms with Gasteiger partial charge in [-0.25, -0.2) is 0 Å². The lowest BCUT2D eigenvalue weighted by atomic mass is 9.95. The summed E-state index contributed by atoms with van der Waals surface area (Å²) >= 11 is 0. The van der Waals surface area contributed by atoms with Gasteiger partial charge in [-0.2, -0.15) is 0 Å². The second-order valence-electron chi connectivity index (χ2n) is 5.16. The Kier molecular flexibility index (Phi) is 5.32. The number of hydrogen-bond donors (Lipinski definition) is 2. The Morgan fingerprint density at radius 3 is 2.32 bits per heavy atom. The number of carboxylic acid groups (broad SMARTS) is 1. The zero-order valence-electron chi connectivity index (χ0n) is 11.7. The molecule has 1 fully saturated rings. The molecule has 1 unspecified atom stereocenters. The van der Waals surface area contributed by atoms with Crippen molar-refractivity contribution in [2.24, 2.45) is 17.8 Å². The van der Waals surface area contributed by atoms with Gasteiger partial charge in [0.05, 0.1) is 18.4 Å². The number of likely N-dealkylation sites (N-methyl/N-ethyl adjacent to an activating group) is 2. The van der Waals surface area contributed by atoms with Gasteiger partial charge in [-0.1, -0.05) is 13.3 Å². The highest BCUT2D eigenvalue weighted by Crippen LogP contribution is 2.39. The van der Waals surface area contributed by atoms with Crippen LogP contribution >= 0.6 is 0 Å². The Labute approximate surface area is 113 Å². The van der Waals surface area contributed by atoms with Gasteiger partial charge in [-0.05, 0) is 18.8 Å². The molecule has 6 nitrogen and oxygen atoms in total. The number of aliphatic carboxylic acids is 1. The third kappa shape index (κ3) is 3.68. The van der Waals surface area contributed by atoms with Crippen molar-refractivity contribution in [3.8, 4) is 0 Å². The number of rotatable bonds is 5. The normalized spacial score (nSPS) is 25.9. The zero-order chi connectivity index (χ0) is 14.6. The minimum Gasteiger partial charge on any atom is -0.481 e. The first-order chi connectivity index (χ1) is 8.90. The van der Waals surface area contributed by atoms with E-state index in [1.807, 2.05) is 6.92 Å². The van der Waals surface area contributed by atoms with E-state index in [1.165, 1.54) is 19.0 Å². The average molecular weight is 270 g/mol. The predicted molar refractivity (Wildman–Crippen MR) is 69.3 cm³/mol. The summed E-state index contributed by atoms with van der Waals surface area (Å²) < 4.78 is 0. The minimum atomic E-state index is -0.914. The fourth-order valence-corrected chi connectivity index (χ4v) is 2.68. The van der Waals surface area contributed by atoms with E-state index in [0.717, 1.165) is 6.42 Å². The first-order valence-corrected chi connectivity index (χ1v) is 6.59. The third-order valence-electron chi connectivity index (χ3n) is 3.91. The van der Waals surface area contributed by atoms with Crippen molar-refractivity contribution in [3.05, 3.63) is 0 Å². The molecule has 0 aromatic carbocycles. The minimum absolute atomic E-state index is 0.0328. The van der Waals surface area contributed by atoms with E-state index in [9.17, 15) is 19.5 Å². The molecule has 6 heteroatoms. The summed E-state index contributed by atoms with van der Waals surface area (Å²) in [6, 6.07) is 0. The number of carbonyl (C=O) groups excluding carboxylic acids is 2. The number of nitrogens with zero attached hydrogens (tertiary/aromatic N) is 1. The van der Waals surface area contributed by atoms with Crippen LogP contribution in [0.1, 0.15) is 26.2 Å². The molecule has 0 spiro atoms. The predicted octanol–water partition coefficient (Wildman–Crippen LogP) is 0.328. The summed E-state index contributed by atoms with van der Waals surface area (Å²) in [7, 11) is 3.04. The first-order valence-electron chi connectivity index (χ1n) is 6.59. The maximum Gasteiger partial charge on any atom is 0.307 e. The Balaban J connectivity index is 2.73. The van der Waals surface area contributed by atoms with Gasteiger partial charge < -0.3 is 15.3 Å². The van der Waals surface area contributed by atoms with E-state index in [2.05, 4.69) is 5.32 Å². The average Bonchev–Trinajstić information content (AvgIpc) is 2.81. The maximum atomic E-state index is 12.3. The van der Waals surface area contributed by atoms with Crippen LogP contribution in [0.5, 0.6) is 0 Å². The summed E-state index contributed by atoms with van der Waals surface area (Å²) in [5.41, 5.74) is 0. The van der Waals surface area contributed by atoms with Gasteiger partial charge in [0.25, 0.3) is 0 Å². The van der Waals surface area contributed by atoms with E-state index in [1.54, 1.807) is 0 Å². The molecule has 1 aliphatic rings. The first kappa shape index (κ1) is 15.5. The largest absolute Gasteiger partial charge is 0.481 e. The number of nitrogens with one attached hydrogen (secondary N) is 1. The number of hydrogen-bond acceptors (Lipinski definition) is 3. The Morgan fingerprint density at radius 1 is 1.26 bits per heavy atom. The van der Waals surface area contributed by atoms with Crippen LogP contribution in [0.15, 0.2) is 0 Å². The van der Waals surface area contributed by atoms with E-state index >= 15 is 0 Å². The van der Waals surface area contributed by atoms with Crippen molar-refractivity contribution in [3.63, 3.8) is 0 Å². The highest BCUT2D eigenvalue weighted by atomic mass is 16.4. The highest BCUT2D eigenvalue weighted by Gasteiger charge is 2.43. The number of amides is 2. The third-order valence-corrected chi connectivity index (χ3v) is 3.91. The summed E-state index contributed by atoms with van der Waals surface area (Å²) in [5.74, 6) is -2.26. The van der Waals surface area contributed by atoms with E-state index in [4.69, 9.17) is 0 Å². The molecule has 2 N–H and O–H groups in total. The monoisotopic (exact) mass is 270 g/mol. The molecule has 108 valence electrons. The standard InChI is InChI=1S/C13H22N2O4/c1-4-8-5-9(10(6-8)13(18)19)12(17)15(3)7-11(16)14-2/h8-10H,4-7H2,1-3H3,(H,14,16)(H,18,19)/t8?,9-,10+/m0/s1. The van der Waals surface area contributed by atoms with Crippen LogP contribution in [0.25, 0.3) is 0 Å². The lowest BCUT2D eigenvalue weighted by Crippen LogP contribution is -2.41. The van der Waals surface area contributed by atoms with Gasteiger partial charge in [0.15, 0.2) is 0 Å². The van der Waals surface area contributed by atoms with Crippen molar-refractivity contribution in [1.82, 2.24) is 10.2 Å². The van der Waals surface area contributed by atoms with E-state index in [-0.39, 0.29) is 24.3 Å². The van der Waals surface area contributed by atoms with Gasteiger partial charge in [-0.15, -0.1) is 0 Å². The Hall–Kier alpha value is -1.59. The number of carboxylic acids is 1. The lowest BCUT2D eigenvalue weighted by molar-refractivity contribution is -0.149. The molecule has 0 heterocycles. The van der Waals surface area contributed by atoms with Crippen LogP contribution in [0.4, 0.5) is 0 Å². The Bertz CT molecular complexity index is 370. The molecule has 0 aromatic heterocycles. The van der Waals surface area contributed by atoms with Crippen LogP contribution in [-0.2, 0) is 14.4 Å². The summed E-state index contributed by atoms with van der Waals surface area (Å²) in [6.07, 6.45) is 2.03. The second-order valence-corrected chi connectivity index (χ2v) is 5.16. The van der Waals surface area contributed by atoms with E-state index < -0.39 is 17.8 Å². The van der Waals surface area contributed by atoms with Crippen LogP contribution < -0.4 is 5.32 Å². The van der Waals surface area contributed by atoms with Gasteiger partial charge in [0.1, 0.15) is 0 Å². The topological polar surface area (TPSA) is 86.7 Å². The summed E-state index contributed by atoms with van der Waals surface area (Å²) in [5, 5.41) is 11.7. The van der Waals surface area contributed by atoms with Crippen LogP contribution in [0, 0.1) is 17.8 Å². The number of carbonyl (C=O) groups is 3. The van der Waals surface area contributed by atoms with Crippen LogP contribution in [0.3, 0.4) is 0 Å². The van der Waals surface area contributed by atoms with Gasteiger partial charge in [-0.3, -0.25) is 14.4 Å². The smallest absolute Gasteiger partial charge is 0.307 e. The lowest BCUT2D eigenvalue weighted by Gasteiger charge is -2.22. The molecule has 0 saturated heterocycles. The van der Waals surface area contributed by atoms with Crippen molar-refractivity contribution in [1.29, 1.82) is 0 Å². The highest BCUT2D eigenvalue weighted by molar-refractivity contribution is 5.88. The van der Waals surface area contributed by atoms with Crippen LogP contribution in [0.2, 0.25) is 0 Å². The molecule has 1 aliphatic carbocycles. The molecule has 0 bridgehead atoms. The molecule has 0 radical (unpaired) electrons. The summed E-state index contributed by atoms with van der Waals surface area (Å²) in [6.45, 7) is 1.97. The van der Waals surface area contributed by atoms with Crippen molar-refractivity contribution in [2.45, 2.75) is 26.2 Å². The molecule has 3 atom stereocenters. The maximum absolute atomic E-state index is 12.3. The van der Waals surface area contributed by atoms with Crippen molar-refractivity contribution < 1.29 is 19.5 Å². The van der Waals surface area contributed by atoms with Crippen LogP contribution in [-0.4, -0.2) is 48.4 Å². The van der Waals surface area contributed by atoms with Gasteiger partial charge >= 0.3 is 5.97 Å². The summed E-state index contributed by atoms with van der Waals surface area (Å²) in [4.78, 5) is 36.1. The molecule has 0 aromatic rings. The van der Waals surface area contributed by atoms with Gasteiger partial charge in [0.2, 0.25) is 11.8 Å². The molecule has 0 aliphatic heterocycles. The van der Waals surface area contributed by atoms with Gasteiger partial charge in [0, 0.05) is 14.1 Å². The molecular weight excluding hydrogens is 248 g/mol. The second kappa shape index (κ2) is 6.54. The fourth-order valence-electron chi connectivity index (χ4n) is 2.68. The van der Waals surface area contributed by atoms with E-state index in [0.29, 0.717) is 12.8 Å². The molecular formula is C13H22N2O4. The molecule has 19 heavy (non-hydrogen) atoms. The van der Waals surface area contributed by atoms with Crippen molar-refractivity contribution >= 4 is 17.8 Å². The SMILES string of the molecule is CCC1C[C@H](C(=O)N(C)CC(=O)NC)[C@H](C(=O)O)C1. The molecule has 1 rings (SSSR count). The zero-order valence-corrected chi connectivity index (χ0v) is 11.7.